The van der Waals surface area contributed by atoms with Crippen LogP contribution in [0.5, 0.6) is 0 Å². The molecule has 0 unspecified atom stereocenters. The number of carbonyl (C=O) groups excluding carboxylic acids is 1. The van der Waals surface area contributed by atoms with E-state index in [4.69, 9.17) is 0 Å². The number of rotatable bonds is 3. The van der Waals surface area contributed by atoms with Crippen molar-refractivity contribution in [3.63, 3.8) is 0 Å². The number of carbonyl (C=O) groups is 1. The highest BCUT2D eigenvalue weighted by Crippen LogP contribution is 2.22. The first-order chi connectivity index (χ1) is 10.7. The van der Waals surface area contributed by atoms with Gasteiger partial charge in [-0.1, -0.05) is 17.7 Å². The Kier molecular flexibility index (Phi) is 5.31. The lowest BCUT2D eigenvalue weighted by Gasteiger charge is -2.31. The summed E-state index contributed by atoms with van der Waals surface area (Å²) in [7, 11) is -3.21. The van der Waals surface area contributed by atoms with Gasteiger partial charge in [0.05, 0.1) is 6.26 Å². The monoisotopic (exact) mass is 339 g/mol. The molecule has 2 rings (SSSR count). The van der Waals surface area contributed by atoms with E-state index in [1.807, 2.05) is 32.9 Å². The Balaban J connectivity index is 2.00. The van der Waals surface area contributed by atoms with Gasteiger partial charge in [0.1, 0.15) is 0 Å². The molecule has 0 aliphatic carbocycles. The first kappa shape index (κ1) is 17.7. The summed E-state index contributed by atoms with van der Waals surface area (Å²) in [4.78, 5) is 12.2. The van der Waals surface area contributed by atoms with E-state index in [0.29, 0.717) is 13.1 Å². The number of sulfonamides is 1. The smallest absolute Gasteiger partial charge is 0.319 e. The van der Waals surface area contributed by atoms with E-state index in [1.54, 1.807) is 0 Å². The number of anilines is 1. The maximum absolute atomic E-state index is 12.2. The second kappa shape index (κ2) is 6.88. The SMILES string of the molecule is Cc1cc(C)c(NC(=O)N[C@H]2CCCN(S(C)(=O)=O)C2)c(C)c1. The molecule has 1 aromatic carbocycles. The summed E-state index contributed by atoms with van der Waals surface area (Å²) in [6.07, 6.45) is 2.74. The van der Waals surface area contributed by atoms with Crippen LogP contribution >= 0.6 is 0 Å². The molecule has 2 amide bonds. The fourth-order valence-electron chi connectivity index (χ4n) is 3.07. The first-order valence-corrected chi connectivity index (χ1v) is 9.62. The molecule has 7 heteroatoms. The van der Waals surface area contributed by atoms with Crippen molar-refractivity contribution in [2.24, 2.45) is 0 Å². The van der Waals surface area contributed by atoms with E-state index in [1.165, 1.54) is 10.6 Å². The van der Waals surface area contributed by atoms with Crippen LogP contribution in [0.4, 0.5) is 10.5 Å². The minimum absolute atomic E-state index is 0.162. The van der Waals surface area contributed by atoms with E-state index in [0.717, 1.165) is 35.2 Å². The van der Waals surface area contributed by atoms with Crippen LogP contribution < -0.4 is 10.6 Å². The van der Waals surface area contributed by atoms with Gasteiger partial charge in [-0.15, -0.1) is 0 Å². The van der Waals surface area contributed by atoms with Crippen molar-refractivity contribution >= 4 is 21.7 Å². The lowest BCUT2D eigenvalue weighted by atomic mass is 10.1. The zero-order chi connectivity index (χ0) is 17.2. The Bertz CT molecular complexity index is 678. The Morgan fingerprint density at radius 3 is 2.39 bits per heavy atom. The third-order valence-electron chi connectivity index (χ3n) is 4.10. The van der Waals surface area contributed by atoms with Gasteiger partial charge in [0, 0.05) is 24.8 Å². The normalized spacial score (nSPS) is 19.4. The number of hydrogen-bond donors (Lipinski definition) is 2. The van der Waals surface area contributed by atoms with Gasteiger partial charge >= 0.3 is 6.03 Å². The second-order valence-electron chi connectivity index (χ2n) is 6.33. The van der Waals surface area contributed by atoms with E-state index in [-0.39, 0.29) is 12.1 Å². The molecule has 0 bridgehead atoms. The van der Waals surface area contributed by atoms with Crippen molar-refractivity contribution in [2.75, 3.05) is 24.7 Å². The van der Waals surface area contributed by atoms with Crippen molar-refractivity contribution in [3.05, 3.63) is 28.8 Å². The van der Waals surface area contributed by atoms with Crippen LogP contribution in [0.2, 0.25) is 0 Å². The minimum Gasteiger partial charge on any atom is -0.334 e. The molecule has 1 atom stereocenters. The molecule has 2 N–H and O–H groups in total. The van der Waals surface area contributed by atoms with Gasteiger partial charge in [0.25, 0.3) is 0 Å². The van der Waals surface area contributed by atoms with Crippen molar-refractivity contribution < 1.29 is 13.2 Å². The molecule has 6 nitrogen and oxygen atoms in total. The number of nitrogens with zero attached hydrogens (tertiary/aromatic N) is 1. The van der Waals surface area contributed by atoms with Crippen molar-refractivity contribution in [1.82, 2.24) is 9.62 Å². The topological polar surface area (TPSA) is 78.5 Å². The van der Waals surface area contributed by atoms with Crippen LogP contribution in [0.3, 0.4) is 0 Å². The minimum atomic E-state index is -3.21. The van der Waals surface area contributed by atoms with Gasteiger partial charge in [-0.3, -0.25) is 0 Å². The van der Waals surface area contributed by atoms with Gasteiger partial charge < -0.3 is 10.6 Å². The van der Waals surface area contributed by atoms with Crippen LogP contribution in [-0.2, 0) is 10.0 Å². The lowest BCUT2D eigenvalue weighted by Crippen LogP contribution is -2.50. The number of amides is 2. The molecule has 1 aromatic rings. The van der Waals surface area contributed by atoms with Crippen LogP contribution in [0.1, 0.15) is 29.5 Å². The first-order valence-electron chi connectivity index (χ1n) is 7.77. The molecule has 23 heavy (non-hydrogen) atoms. The van der Waals surface area contributed by atoms with Gasteiger partial charge in [-0.2, -0.15) is 0 Å². The Morgan fingerprint density at radius 2 is 1.83 bits per heavy atom. The second-order valence-corrected chi connectivity index (χ2v) is 8.31. The Hall–Kier alpha value is -1.60. The molecule has 1 fully saturated rings. The fraction of sp³-hybridized carbons (Fsp3) is 0.562. The van der Waals surface area contributed by atoms with Gasteiger partial charge in [-0.05, 0) is 44.7 Å². The van der Waals surface area contributed by atoms with Crippen LogP contribution in [0.15, 0.2) is 12.1 Å². The number of piperidine rings is 1. The van der Waals surface area contributed by atoms with Crippen LogP contribution in [0, 0.1) is 20.8 Å². The number of nitrogens with one attached hydrogen (secondary N) is 2. The molecule has 1 aliphatic rings. The van der Waals surface area contributed by atoms with E-state index < -0.39 is 10.0 Å². The molecule has 1 saturated heterocycles. The van der Waals surface area contributed by atoms with Gasteiger partial charge in [0.2, 0.25) is 10.0 Å². The van der Waals surface area contributed by atoms with E-state index in [2.05, 4.69) is 10.6 Å². The third kappa shape index (κ3) is 4.68. The Labute approximate surface area is 138 Å². The largest absolute Gasteiger partial charge is 0.334 e. The average Bonchev–Trinajstić information content (AvgIpc) is 2.42. The predicted molar refractivity (Wildman–Crippen MR) is 92.2 cm³/mol. The molecule has 0 aromatic heterocycles. The maximum Gasteiger partial charge on any atom is 0.319 e. The van der Waals surface area contributed by atoms with Gasteiger partial charge in [0.15, 0.2) is 0 Å². The highest BCUT2D eigenvalue weighted by molar-refractivity contribution is 7.88. The standard InChI is InChI=1S/C16H25N3O3S/c1-11-8-12(2)15(13(3)9-11)18-16(20)17-14-6-5-7-19(10-14)23(4,21)22/h8-9,14H,5-7,10H2,1-4H3,(H2,17,18,20)/t14-/m0/s1. The van der Waals surface area contributed by atoms with Crippen molar-refractivity contribution in [2.45, 2.75) is 39.7 Å². The summed E-state index contributed by atoms with van der Waals surface area (Å²) < 4.78 is 24.7. The molecule has 0 spiro atoms. The van der Waals surface area contributed by atoms with Crippen molar-refractivity contribution in [3.8, 4) is 0 Å². The molecule has 1 heterocycles. The van der Waals surface area contributed by atoms with Crippen LogP contribution in [0.25, 0.3) is 0 Å². The molecule has 128 valence electrons. The summed E-state index contributed by atoms with van der Waals surface area (Å²) in [5.74, 6) is 0. The van der Waals surface area contributed by atoms with E-state index in [9.17, 15) is 13.2 Å². The average molecular weight is 339 g/mol. The summed E-state index contributed by atoms with van der Waals surface area (Å²) in [5, 5.41) is 5.77. The molecule has 0 saturated carbocycles. The third-order valence-corrected chi connectivity index (χ3v) is 5.37. The summed E-state index contributed by atoms with van der Waals surface area (Å²) >= 11 is 0. The number of benzene rings is 1. The summed E-state index contributed by atoms with van der Waals surface area (Å²) in [6, 6.07) is 3.59. The quantitative estimate of drug-likeness (QED) is 0.886. The number of aryl methyl sites for hydroxylation is 3. The molecule has 1 aliphatic heterocycles. The summed E-state index contributed by atoms with van der Waals surface area (Å²) in [6.45, 7) is 6.79. The predicted octanol–water partition coefficient (Wildman–Crippen LogP) is 2.16. The van der Waals surface area contributed by atoms with Gasteiger partial charge in [-0.25, -0.2) is 17.5 Å². The molecular weight excluding hydrogens is 314 g/mol. The van der Waals surface area contributed by atoms with E-state index >= 15 is 0 Å². The highest BCUT2D eigenvalue weighted by Gasteiger charge is 2.26. The number of urea groups is 1. The maximum atomic E-state index is 12.2. The number of hydrogen-bond acceptors (Lipinski definition) is 3. The lowest BCUT2D eigenvalue weighted by molar-refractivity contribution is 0.236. The summed E-state index contributed by atoms with van der Waals surface area (Å²) in [5.41, 5.74) is 3.99. The fourth-order valence-corrected chi connectivity index (χ4v) is 3.99. The Morgan fingerprint density at radius 1 is 1.22 bits per heavy atom. The highest BCUT2D eigenvalue weighted by atomic mass is 32.2. The molecular formula is C16H25N3O3S. The molecule has 0 radical (unpaired) electrons. The zero-order valence-electron chi connectivity index (χ0n) is 14.1. The zero-order valence-corrected chi connectivity index (χ0v) is 15.0. The van der Waals surface area contributed by atoms with Crippen molar-refractivity contribution in [1.29, 1.82) is 0 Å². The van der Waals surface area contributed by atoms with Crippen LogP contribution in [-0.4, -0.2) is 44.1 Å².